The van der Waals surface area contributed by atoms with Crippen LogP contribution in [0.1, 0.15) is 22.5 Å². The molecule has 208 valence electrons. The number of nitrogens with zero attached hydrogens (tertiary/aromatic N) is 3. The number of benzene rings is 3. The largest absolute Gasteiger partial charge is 0.418 e. The molecule has 3 aromatic carbocycles. The summed E-state index contributed by atoms with van der Waals surface area (Å²) < 4.78 is 69.9. The number of anilines is 1. The second kappa shape index (κ2) is 11.6. The normalized spacial score (nSPS) is 12.1. The topological polar surface area (TPSA) is 83.8 Å². The number of nitrogens with one attached hydrogen (secondary N) is 1. The van der Waals surface area contributed by atoms with Gasteiger partial charge in [0.15, 0.2) is 0 Å². The maximum Gasteiger partial charge on any atom is 0.418 e. The second-order valence-corrected chi connectivity index (χ2v) is 11.1. The average Bonchev–Trinajstić information content (AvgIpc) is 3.20. The third-order valence-electron chi connectivity index (χ3n) is 6.05. The van der Waals surface area contributed by atoms with Gasteiger partial charge in [0.25, 0.3) is 15.9 Å². The summed E-state index contributed by atoms with van der Waals surface area (Å²) in [5, 5.41) is 4.33. The Hall–Kier alpha value is -4.09. The van der Waals surface area contributed by atoms with E-state index in [1.165, 1.54) is 65.4 Å². The van der Waals surface area contributed by atoms with Gasteiger partial charge in [0.2, 0.25) is 0 Å². The Morgan fingerprint density at radius 3 is 2.27 bits per heavy atom. The van der Waals surface area contributed by atoms with E-state index in [0.717, 1.165) is 10.4 Å². The fourth-order valence-electron chi connectivity index (χ4n) is 4.18. The van der Waals surface area contributed by atoms with Crippen molar-refractivity contribution < 1.29 is 26.4 Å². The van der Waals surface area contributed by atoms with Crippen molar-refractivity contribution in [3.63, 3.8) is 0 Å². The first-order valence-corrected chi connectivity index (χ1v) is 13.7. The molecule has 4 aromatic rings. The summed E-state index contributed by atoms with van der Waals surface area (Å²) in [6.45, 7) is 2.71. The molecule has 1 heterocycles. The van der Waals surface area contributed by atoms with E-state index >= 15 is 0 Å². The predicted octanol–water partition coefficient (Wildman–Crippen LogP) is 6.11. The van der Waals surface area contributed by atoms with Gasteiger partial charge in [0, 0.05) is 22.0 Å². The van der Waals surface area contributed by atoms with Crippen LogP contribution >= 0.6 is 11.6 Å². The van der Waals surface area contributed by atoms with Crippen LogP contribution < -0.4 is 9.73 Å². The minimum Gasteiger partial charge on any atom is -0.317 e. The fraction of sp³-hybridized carbons (Fsp3) is 0.143. The first-order valence-electron chi connectivity index (χ1n) is 11.9. The summed E-state index contributed by atoms with van der Waals surface area (Å²) in [6, 6.07) is 20.5. The molecule has 12 heteroatoms. The van der Waals surface area contributed by atoms with Crippen LogP contribution in [0.15, 0.2) is 94.9 Å². The molecule has 40 heavy (non-hydrogen) atoms. The zero-order valence-corrected chi connectivity index (χ0v) is 22.9. The van der Waals surface area contributed by atoms with Gasteiger partial charge in [-0.2, -0.15) is 18.3 Å². The van der Waals surface area contributed by atoms with Crippen molar-refractivity contribution in [2.75, 3.05) is 10.8 Å². The predicted molar refractivity (Wildman–Crippen MR) is 148 cm³/mol. The smallest absolute Gasteiger partial charge is 0.317 e. The van der Waals surface area contributed by atoms with Crippen molar-refractivity contribution >= 4 is 39.4 Å². The van der Waals surface area contributed by atoms with E-state index in [1.54, 1.807) is 38.1 Å². The molecule has 1 amide bonds. The summed E-state index contributed by atoms with van der Waals surface area (Å²) in [5.41, 5.74) is 3.20. The molecule has 0 atom stereocenters. The molecular weight excluding hydrogens is 565 g/mol. The minimum atomic E-state index is -4.54. The number of hydrogen-bond donors (Lipinski definition) is 1. The van der Waals surface area contributed by atoms with E-state index in [4.69, 9.17) is 11.6 Å². The Bertz CT molecular complexity index is 1650. The number of aryl methyl sites for hydroxylation is 1. The van der Waals surface area contributed by atoms with Crippen molar-refractivity contribution in [3.8, 4) is 5.69 Å². The van der Waals surface area contributed by atoms with Gasteiger partial charge in [0.1, 0.15) is 6.54 Å². The van der Waals surface area contributed by atoms with E-state index in [1.807, 2.05) is 0 Å². The number of alkyl halides is 3. The lowest BCUT2D eigenvalue weighted by atomic mass is 10.1. The number of aromatic nitrogens is 1. The molecule has 0 aliphatic heterocycles. The molecular formula is C28H24ClF3N4O3S. The van der Waals surface area contributed by atoms with Crippen molar-refractivity contribution in [1.82, 2.24) is 9.99 Å². The lowest BCUT2D eigenvalue weighted by Gasteiger charge is -2.23. The van der Waals surface area contributed by atoms with Gasteiger partial charge in [-0.25, -0.2) is 13.8 Å². The minimum absolute atomic E-state index is 0.00664. The Labute approximate surface area is 234 Å². The van der Waals surface area contributed by atoms with Crippen LogP contribution in [0, 0.1) is 13.8 Å². The molecule has 0 saturated heterocycles. The quantitative estimate of drug-likeness (QED) is 0.199. The van der Waals surface area contributed by atoms with Crippen molar-refractivity contribution in [2.45, 2.75) is 24.9 Å². The number of halogens is 4. The third kappa shape index (κ3) is 6.21. The highest BCUT2D eigenvalue weighted by molar-refractivity contribution is 7.92. The summed E-state index contributed by atoms with van der Waals surface area (Å²) in [5.74, 6) is -0.734. The van der Waals surface area contributed by atoms with Crippen LogP contribution in [0.4, 0.5) is 18.9 Å². The number of carbonyl (C=O) groups excluding carboxylic acids is 1. The molecule has 1 N–H and O–H groups in total. The number of hydrogen-bond acceptors (Lipinski definition) is 4. The van der Waals surface area contributed by atoms with Crippen LogP contribution in [0.25, 0.3) is 5.69 Å². The van der Waals surface area contributed by atoms with Crippen molar-refractivity contribution in [1.29, 1.82) is 0 Å². The molecule has 4 rings (SSSR count). The Kier molecular flexibility index (Phi) is 8.36. The molecule has 0 unspecified atom stereocenters. The lowest BCUT2D eigenvalue weighted by Crippen LogP contribution is -2.39. The maximum atomic E-state index is 13.6. The third-order valence-corrected chi connectivity index (χ3v) is 8.09. The number of carbonyl (C=O) groups is 1. The van der Waals surface area contributed by atoms with Crippen LogP contribution in [0.2, 0.25) is 5.02 Å². The summed E-state index contributed by atoms with van der Waals surface area (Å²) in [6.07, 6.45) is -3.25. The van der Waals surface area contributed by atoms with Crippen LogP contribution in [0.3, 0.4) is 0 Å². The van der Waals surface area contributed by atoms with Gasteiger partial charge in [-0.1, -0.05) is 41.9 Å². The summed E-state index contributed by atoms with van der Waals surface area (Å²) >= 11 is 5.95. The van der Waals surface area contributed by atoms with Gasteiger partial charge >= 0.3 is 6.18 Å². The molecule has 0 aliphatic carbocycles. The number of sulfonamides is 1. The van der Waals surface area contributed by atoms with Crippen LogP contribution in [-0.4, -0.2) is 31.7 Å². The molecule has 0 radical (unpaired) electrons. The number of para-hydroxylation sites is 1. The molecule has 0 fully saturated rings. The first-order chi connectivity index (χ1) is 18.9. The number of hydrazone groups is 1. The van der Waals surface area contributed by atoms with Crippen LogP contribution in [-0.2, 0) is 21.0 Å². The van der Waals surface area contributed by atoms with E-state index in [0.29, 0.717) is 22.0 Å². The van der Waals surface area contributed by atoms with Crippen molar-refractivity contribution in [2.24, 2.45) is 5.10 Å². The fourth-order valence-corrected chi connectivity index (χ4v) is 5.75. The molecule has 0 saturated carbocycles. The number of rotatable bonds is 8. The average molecular weight is 589 g/mol. The van der Waals surface area contributed by atoms with E-state index in [-0.39, 0.29) is 16.3 Å². The Morgan fingerprint density at radius 2 is 1.62 bits per heavy atom. The summed E-state index contributed by atoms with van der Waals surface area (Å²) in [7, 11) is -4.11. The monoisotopic (exact) mass is 588 g/mol. The number of amides is 1. The standard InChI is InChI=1S/C28H24ClF3N4O3S/c1-19-16-21(20(2)36(19)26-11-7-6-10-25(26)28(30,31)32)17-33-34-27(37)18-35(23-14-12-22(29)13-15-23)40(38,39)24-8-4-3-5-9-24/h3-17H,18H2,1-2H3,(H,34,37)/b33-17-. The van der Waals surface area contributed by atoms with Gasteiger partial charge < -0.3 is 4.57 Å². The Balaban J connectivity index is 1.57. The van der Waals surface area contributed by atoms with E-state index in [2.05, 4.69) is 10.5 Å². The molecule has 0 spiro atoms. The zero-order chi connectivity index (χ0) is 29.1. The zero-order valence-electron chi connectivity index (χ0n) is 21.4. The van der Waals surface area contributed by atoms with E-state index in [9.17, 15) is 26.4 Å². The van der Waals surface area contributed by atoms with E-state index < -0.39 is 34.2 Å². The second-order valence-electron chi connectivity index (χ2n) is 8.77. The SMILES string of the molecule is Cc1cc(/C=N\NC(=O)CN(c2ccc(Cl)cc2)S(=O)(=O)c2ccccc2)c(C)n1-c1ccccc1C(F)(F)F. The van der Waals surface area contributed by atoms with Gasteiger partial charge in [-0.05, 0) is 68.4 Å². The molecule has 0 aliphatic rings. The lowest BCUT2D eigenvalue weighted by molar-refractivity contribution is -0.137. The molecule has 1 aromatic heterocycles. The summed E-state index contributed by atoms with van der Waals surface area (Å²) in [4.78, 5) is 12.8. The molecule has 7 nitrogen and oxygen atoms in total. The highest BCUT2D eigenvalue weighted by atomic mass is 35.5. The Morgan fingerprint density at radius 1 is 1.00 bits per heavy atom. The van der Waals surface area contributed by atoms with Crippen molar-refractivity contribution in [3.05, 3.63) is 112 Å². The molecule has 0 bridgehead atoms. The van der Waals surface area contributed by atoms with Gasteiger partial charge in [-0.3, -0.25) is 9.10 Å². The first kappa shape index (κ1) is 28.9. The maximum absolute atomic E-state index is 13.6. The highest BCUT2D eigenvalue weighted by Gasteiger charge is 2.34. The van der Waals surface area contributed by atoms with Crippen LogP contribution in [0.5, 0.6) is 0 Å². The van der Waals surface area contributed by atoms with Gasteiger partial charge in [-0.15, -0.1) is 0 Å². The highest BCUT2D eigenvalue weighted by Crippen LogP contribution is 2.35. The van der Waals surface area contributed by atoms with Gasteiger partial charge in [0.05, 0.1) is 28.0 Å².